The maximum atomic E-state index is 10.7. The molecule has 9 heteroatoms. The van der Waals surface area contributed by atoms with E-state index in [1.807, 2.05) is 42.5 Å². The molecule has 2 N–H and O–H groups in total. The topological polar surface area (TPSA) is 105 Å². The zero-order valence-electron chi connectivity index (χ0n) is 15.6. The Morgan fingerprint density at radius 3 is 2.70 bits per heavy atom. The van der Waals surface area contributed by atoms with Gasteiger partial charge in [-0.25, -0.2) is 10.4 Å². The number of ether oxygens (including phenoxy) is 1. The molecule has 0 radical (unpaired) electrons. The van der Waals surface area contributed by atoms with Gasteiger partial charge in [0, 0.05) is 12.1 Å². The van der Waals surface area contributed by atoms with Gasteiger partial charge in [0.15, 0.2) is 0 Å². The molecule has 1 heterocycles. The lowest BCUT2D eigenvalue weighted by Gasteiger charge is -2.09. The number of para-hydroxylation sites is 2. The molecule has 1 aromatic heterocycles. The molecule has 0 bridgehead atoms. The lowest BCUT2D eigenvalue weighted by molar-refractivity contribution is -0.384. The summed E-state index contributed by atoms with van der Waals surface area (Å²) in [5.41, 5.74) is 6.45. The molecule has 0 aliphatic rings. The monoisotopic (exact) mass is 465 g/mol. The van der Waals surface area contributed by atoms with Crippen LogP contribution in [0.2, 0.25) is 0 Å². The third-order valence-electron chi connectivity index (χ3n) is 4.27. The average Bonchev–Trinajstić information content (AvgIpc) is 3.16. The number of nitrogens with one attached hydrogen (secondary N) is 2. The van der Waals surface area contributed by atoms with Crippen molar-refractivity contribution in [2.45, 2.75) is 6.61 Å². The molecule has 8 nitrogen and oxygen atoms in total. The summed E-state index contributed by atoms with van der Waals surface area (Å²) in [6.45, 7) is 0.303. The van der Waals surface area contributed by atoms with Gasteiger partial charge < -0.3 is 9.72 Å². The van der Waals surface area contributed by atoms with Crippen LogP contribution in [0.15, 0.2) is 76.3 Å². The average molecular weight is 466 g/mol. The summed E-state index contributed by atoms with van der Waals surface area (Å²) in [5.74, 6) is 1.23. The fraction of sp³-hybridized carbons (Fsp3) is 0.0476. The first kappa shape index (κ1) is 19.6. The minimum absolute atomic E-state index is 0.0554. The van der Waals surface area contributed by atoms with E-state index in [0.717, 1.165) is 26.6 Å². The minimum Gasteiger partial charge on any atom is -0.488 e. The number of nitrogens with zero attached hydrogens (tertiary/aromatic N) is 3. The van der Waals surface area contributed by atoms with Crippen molar-refractivity contribution in [2.24, 2.45) is 5.10 Å². The third-order valence-corrected chi connectivity index (χ3v) is 4.89. The van der Waals surface area contributed by atoms with E-state index >= 15 is 0 Å². The van der Waals surface area contributed by atoms with Gasteiger partial charge in [0.25, 0.3) is 5.69 Å². The Morgan fingerprint density at radius 1 is 1.17 bits per heavy atom. The van der Waals surface area contributed by atoms with Crippen molar-refractivity contribution < 1.29 is 9.66 Å². The maximum absolute atomic E-state index is 10.7. The van der Waals surface area contributed by atoms with Gasteiger partial charge in [-0.1, -0.05) is 12.1 Å². The van der Waals surface area contributed by atoms with Gasteiger partial charge >= 0.3 is 0 Å². The van der Waals surface area contributed by atoms with Gasteiger partial charge in [-0.2, -0.15) is 5.10 Å². The summed E-state index contributed by atoms with van der Waals surface area (Å²) in [6, 6.07) is 19.6. The number of nitro groups is 1. The Morgan fingerprint density at radius 2 is 1.97 bits per heavy atom. The van der Waals surface area contributed by atoms with E-state index < -0.39 is 4.92 Å². The van der Waals surface area contributed by atoms with E-state index in [4.69, 9.17) is 4.74 Å². The largest absolute Gasteiger partial charge is 0.488 e. The molecule has 0 fully saturated rings. The number of aromatic nitrogens is 2. The minimum atomic E-state index is -0.426. The molecular formula is C21H16BrN5O3. The zero-order valence-corrected chi connectivity index (χ0v) is 17.2. The summed E-state index contributed by atoms with van der Waals surface area (Å²) in [6.07, 6.45) is 1.68. The SMILES string of the molecule is O=[N+]([O-])c1ccc(COc2ccc(/C=N/Nc3nc4ccccc4[nH]3)cc2Br)cc1. The van der Waals surface area contributed by atoms with Crippen LogP contribution in [-0.2, 0) is 6.61 Å². The van der Waals surface area contributed by atoms with Crippen molar-refractivity contribution in [2.75, 3.05) is 5.43 Å². The number of anilines is 1. The molecular weight excluding hydrogens is 450 g/mol. The van der Waals surface area contributed by atoms with Crippen molar-refractivity contribution in [3.8, 4) is 5.75 Å². The second kappa shape index (κ2) is 8.75. The third kappa shape index (κ3) is 4.64. The Bertz CT molecular complexity index is 1190. The van der Waals surface area contributed by atoms with E-state index in [9.17, 15) is 10.1 Å². The highest BCUT2D eigenvalue weighted by atomic mass is 79.9. The van der Waals surface area contributed by atoms with Gasteiger partial charge in [-0.15, -0.1) is 0 Å². The van der Waals surface area contributed by atoms with Crippen LogP contribution in [0.25, 0.3) is 11.0 Å². The van der Waals surface area contributed by atoms with Crippen molar-refractivity contribution >= 4 is 44.8 Å². The fourth-order valence-corrected chi connectivity index (χ4v) is 3.27. The Kier molecular flexibility index (Phi) is 5.71. The number of hydrogen-bond acceptors (Lipinski definition) is 6. The first-order chi connectivity index (χ1) is 14.6. The van der Waals surface area contributed by atoms with E-state index in [1.165, 1.54) is 12.1 Å². The lowest BCUT2D eigenvalue weighted by Crippen LogP contribution is -1.97. The van der Waals surface area contributed by atoms with E-state index in [2.05, 4.69) is 36.4 Å². The molecule has 4 aromatic rings. The van der Waals surface area contributed by atoms with Gasteiger partial charge in [0.2, 0.25) is 5.95 Å². The number of H-pyrrole nitrogens is 1. The van der Waals surface area contributed by atoms with Crippen LogP contribution in [0.3, 0.4) is 0 Å². The Labute approximate surface area is 179 Å². The highest BCUT2D eigenvalue weighted by Gasteiger charge is 2.06. The first-order valence-corrected chi connectivity index (χ1v) is 9.77. The van der Waals surface area contributed by atoms with Crippen LogP contribution >= 0.6 is 15.9 Å². The molecule has 30 heavy (non-hydrogen) atoms. The number of benzene rings is 3. The number of hydrazone groups is 1. The van der Waals surface area contributed by atoms with Gasteiger partial charge in [-0.05, 0) is 69.5 Å². The second-order valence-electron chi connectivity index (χ2n) is 6.37. The predicted octanol–water partition coefficient (Wildman–Crippen LogP) is 5.26. The molecule has 0 saturated heterocycles. The van der Waals surface area contributed by atoms with Crippen molar-refractivity contribution in [1.29, 1.82) is 0 Å². The summed E-state index contributed by atoms with van der Waals surface area (Å²) in [4.78, 5) is 17.8. The summed E-state index contributed by atoms with van der Waals surface area (Å²) in [7, 11) is 0. The predicted molar refractivity (Wildman–Crippen MR) is 119 cm³/mol. The molecule has 3 aromatic carbocycles. The fourth-order valence-electron chi connectivity index (χ4n) is 2.76. The Balaban J connectivity index is 1.36. The molecule has 0 atom stereocenters. The van der Waals surface area contributed by atoms with E-state index in [1.54, 1.807) is 18.3 Å². The number of imidazole rings is 1. The van der Waals surface area contributed by atoms with Crippen LogP contribution < -0.4 is 10.2 Å². The highest BCUT2D eigenvalue weighted by molar-refractivity contribution is 9.10. The van der Waals surface area contributed by atoms with Crippen LogP contribution in [0.1, 0.15) is 11.1 Å². The molecule has 0 spiro atoms. The summed E-state index contributed by atoms with van der Waals surface area (Å²) < 4.78 is 6.57. The number of nitro benzene ring substituents is 1. The van der Waals surface area contributed by atoms with Crippen LogP contribution in [-0.4, -0.2) is 21.1 Å². The molecule has 0 amide bonds. The first-order valence-electron chi connectivity index (χ1n) is 8.98. The zero-order chi connectivity index (χ0) is 20.9. The number of aromatic amines is 1. The van der Waals surface area contributed by atoms with Gasteiger partial charge in [0.05, 0.1) is 26.6 Å². The van der Waals surface area contributed by atoms with Gasteiger partial charge in [0.1, 0.15) is 12.4 Å². The van der Waals surface area contributed by atoms with Crippen molar-refractivity contribution in [3.63, 3.8) is 0 Å². The number of hydrogen-bond donors (Lipinski definition) is 2. The lowest BCUT2D eigenvalue weighted by atomic mass is 10.2. The summed E-state index contributed by atoms with van der Waals surface area (Å²) >= 11 is 3.50. The van der Waals surface area contributed by atoms with E-state index in [-0.39, 0.29) is 5.69 Å². The number of fused-ring (bicyclic) bond motifs is 1. The van der Waals surface area contributed by atoms with E-state index in [0.29, 0.717) is 18.3 Å². The number of halogens is 1. The summed E-state index contributed by atoms with van der Waals surface area (Å²) in [5, 5.41) is 14.9. The second-order valence-corrected chi connectivity index (χ2v) is 7.23. The smallest absolute Gasteiger partial charge is 0.269 e. The molecule has 150 valence electrons. The van der Waals surface area contributed by atoms with Crippen LogP contribution in [0.4, 0.5) is 11.6 Å². The molecule has 0 aliphatic heterocycles. The number of non-ortho nitro benzene ring substituents is 1. The maximum Gasteiger partial charge on any atom is 0.269 e. The quantitative estimate of drug-likeness (QED) is 0.220. The number of rotatable bonds is 7. The van der Waals surface area contributed by atoms with Crippen molar-refractivity contribution in [1.82, 2.24) is 9.97 Å². The molecule has 4 rings (SSSR count). The molecule has 0 saturated carbocycles. The molecule has 0 aliphatic carbocycles. The van der Waals surface area contributed by atoms with Crippen LogP contribution in [0, 0.1) is 10.1 Å². The molecule has 0 unspecified atom stereocenters. The van der Waals surface area contributed by atoms with Crippen LogP contribution in [0.5, 0.6) is 5.75 Å². The highest BCUT2D eigenvalue weighted by Crippen LogP contribution is 2.26. The standard InChI is InChI=1S/C21H16BrN5O3/c22-17-11-15(12-23-26-21-24-18-3-1-2-4-19(18)25-21)7-10-20(17)30-13-14-5-8-16(9-6-14)27(28)29/h1-12H,13H2,(H2,24,25,26)/b23-12+. The van der Waals surface area contributed by atoms with Gasteiger partial charge in [-0.3, -0.25) is 10.1 Å². The van der Waals surface area contributed by atoms with Crippen molar-refractivity contribution in [3.05, 3.63) is 92.4 Å². The Hall–Kier alpha value is -3.72. The normalized spacial score (nSPS) is 11.1.